The molecule has 0 saturated heterocycles. The Hall–Kier alpha value is -3.09. The number of amides is 1. The molecule has 1 heterocycles. The molecule has 0 unspecified atom stereocenters. The van der Waals surface area contributed by atoms with Crippen LogP contribution in [0.3, 0.4) is 0 Å². The molecule has 1 N–H and O–H groups in total. The summed E-state index contributed by atoms with van der Waals surface area (Å²) in [6.07, 6.45) is 1.55. The molecule has 160 valence electrons. The molecule has 0 aliphatic carbocycles. The lowest BCUT2D eigenvalue weighted by Crippen LogP contribution is -2.18. The minimum Gasteiger partial charge on any atom is -0.462 e. The first-order chi connectivity index (χ1) is 14.8. The lowest BCUT2D eigenvalue weighted by molar-refractivity contribution is 0.0526. The molecule has 0 spiro atoms. The zero-order chi connectivity index (χ0) is 22.5. The lowest BCUT2D eigenvalue weighted by atomic mass is 10.1. The minimum absolute atomic E-state index is 0.244. The number of hydrazone groups is 1. The highest BCUT2D eigenvalue weighted by Crippen LogP contribution is 2.24. The number of aromatic nitrogens is 1. The van der Waals surface area contributed by atoms with Crippen molar-refractivity contribution in [3.63, 3.8) is 0 Å². The quantitative estimate of drug-likeness (QED) is 0.308. The summed E-state index contributed by atoms with van der Waals surface area (Å²) in [4.78, 5) is 24.7. The summed E-state index contributed by atoms with van der Waals surface area (Å²) in [6.45, 7) is 5.91. The topological polar surface area (TPSA) is 72.7 Å². The Labute approximate surface area is 190 Å². The predicted molar refractivity (Wildman–Crippen MR) is 123 cm³/mol. The summed E-state index contributed by atoms with van der Waals surface area (Å²) in [5.41, 5.74) is 6.49. The minimum atomic E-state index is -0.445. The highest BCUT2D eigenvalue weighted by molar-refractivity contribution is 6.36. The highest BCUT2D eigenvalue weighted by atomic mass is 35.5. The van der Waals surface area contributed by atoms with E-state index in [0.717, 1.165) is 17.0 Å². The van der Waals surface area contributed by atoms with E-state index in [0.29, 0.717) is 22.9 Å². The van der Waals surface area contributed by atoms with E-state index in [-0.39, 0.29) is 16.6 Å². The van der Waals surface area contributed by atoms with Crippen LogP contribution in [0.4, 0.5) is 0 Å². The van der Waals surface area contributed by atoms with E-state index >= 15 is 0 Å². The van der Waals surface area contributed by atoms with Gasteiger partial charge in [0.25, 0.3) is 5.91 Å². The third-order valence-corrected chi connectivity index (χ3v) is 5.20. The fourth-order valence-electron chi connectivity index (χ4n) is 3.23. The van der Waals surface area contributed by atoms with Crippen molar-refractivity contribution in [1.82, 2.24) is 9.99 Å². The highest BCUT2D eigenvalue weighted by Gasteiger charge is 2.17. The SMILES string of the molecule is CCOC(=O)c1ccccc1-n1c(C)cc(/C=N\NC(=O)c2ccc(Cl)cc2Cl)c1C. The second kappa shape index (κ2) is 9.81. The van der Waals surface area contributed by atoms with Crippen molar-refractivity contribution in [2.45, 2.75) is 20.8 Å². The molecule has 0 radical (unpaired) electrons. The molecular weight excluding hydrogens is 437 g/mol. The molecule has 8 heteroatoms. The Kier molecular flexibility index (Phi) is 7.15. The van der Waals surface area contributed by atoms with Crippen molar-refractivity contribution < 1.29 is 14.3 Å². The molecule has 1 amide bonds. The number of carbonyl (C=O) groups excluding carboxylic acids is 2. The molecule has 0 atom stereocenters. The predicted octanol–water partition coefficient (Wildman–Crippen LogP) is 5.34. The number of rotatable bonds is 6. The van der Waals surface area contributed by atoms with E-state index in [9.17, 15) is 9.59 Å². The van der Waals surface area contributed by atoms with Crippen LogP contribution in [-0.4, -0.2) is 29.3 Å². The van der Waals surface area contributed by atoms with Crippen molar-refractivity contribution in [3.8, 4) is 5.69 Å². The van der Waals surface area contributed by atoms with Gasteiger partial charge in [0.05, 0.1) is 34.7 Å². The molecule has 0 bridgehead atoms. The summed E-state index contributed by atoms with van der Waals surface area (Å²) in [7, 11) is 0. The zero-order valence-corrected chi connectivity index (χ0v) is 18.8. The first kappa shape index (κ1) is 22.6. The molecule has 0 aliphatic rings. The lowest BCUT2D eigenvalue weighted by Gasteiger charge is -2.14. The number of esters is 1. The van der Waals surface area contributed by atoms with Crippen LogP contribution < -0.4 is 5.43 Å². The Morgan fingerprint density at radius 2 is 1.84 bits per heavy atom. The van der Waals surface area contributed by atoms with Crippen LogP contribution in [0.1, 0.15) is 44.6 Å². The number of para-hydroxylation sites is 1. The van der Waals surface area contributed by atoms with Crippen LogP contribution in [0.25, 0.3) is 5.69 Å². The van der Waals surface area contributed by atoms with Gasteiger partial charge in [-0.25, -0.2) is 10.2 Å². The molecule has 0 saturated carbocycles. The number of carbonyl (C=O) groups is 2. The van der Waals surface area contributed by atoms with Crippen molar-refractivity contribution in [2.75, 3.05) is 6.61 Å². The summed E-state index contributed by atoms with van der Waals surface area (Å²) in [6, 6.07) is 13.8. The number of nitrogens with zero attached hydrogens (tertiary/aromatic N) is 2. The van der Waals surface area contributed by atoms with Gasteiger partial charge in [-0.3, -0.25) is 4.79 Å². The van der Waals surface area contributed by atoms with Crippen LogP contribution in [0, 0.1) is 13.8 Å². The fourth-order valence-corrected chi connectivity index (χ4v) is 3.73. The Bertz CT molecular complexity index is 1170. The van der Waals surface area contributed by atoms with Gasteiger partial charge >= 0.3 is 5.97 Å². The maximum absolute atomic E-state index is 12.4. The van der Waals surface area contributed by atoms with Gasteiger partial charge in [0, 0.05) is 22.0 Å². The van der Waals surface area contributed by atoms with E-state index < -0.39 is 5.91 Å². The fraction of sp³-hybridized carbons (Fsp3) is 0.174. The number of ether oxygens (including phenoxy) is 1. The number of aryl methyl sites for hydroxylation is 1. The van der Waals surface area contributed by atoms with Crippen molar-refractivity contribution in [2.24, 2.45) is 5.10 Å². The van der Waals surface area contributed by atoms with Crippen LogP contribution in [-0.2, 0) is 4.74 Å². The zero-order valence-electron chi connectivity index (χ0n) is 17.3. The average molecular weight is 458 g/mol. The number of hydrogen-bond donors (Lipinski definition) is 1. The molecule has 3 aromatic rings. The van der Waals surface area contributed by atoms with E-state index in [2.05, 4.69) is 10.5 Å². The van der Waals surface area contributed by atoms with Crippen molar-refractivity contribution in [1.29, 1.82) is 0 Å². The van der Waals surface area contributed by atoms with E-state index in [1.807, 2.05) is 36.6 Å². The van der Waals surface area contributed by atoms with Crippen molar-refractivity contribution in [3.05, 3.63) is 86.7 Å². The third kappa shape index (κ3) is 4.98. The molecule has 6 nitrogen and oxygen atoms in total. The first-order valence-electron chi connectivity index (χ1n) is 9.57. The maximum Gasteiger partial charge on any atom is 0.340 e. The average Bonchev–Trinajstić information content (AvgIpc) is 3.01. The summed E-state index contributed by atoms with van der Waals surface area (Å²) in [5, 5.41) is 4.75. The molecule has 0 fully saturated rings. The standard InChI is InChI=1S/C23H21Cl2N3O3/c1-4-31-23(30)19-7-5-6-8-21(19)28-14(2)11-16(15(28)3)13-26-27-22(29)18-10-9-17(24)12-20(18)25/h5-13H,4H2,1-3H3,(H,27,29)/b26-13-. The second-order valence-electron chi connectivity index (χ2n) is 6.72. The van der Waals surface area contributed by atoms with E-state index in [1.165, 1.54) is 12.1 Å². The third-order valence-electron chi connectivity index (χ3n) is 4.66. The maximum atomic E-state index is 12.4. The van der Waals surface area contributed by atoms with Gasteiger partial charge < -0.3 is 9.30 Å². The van der Waals surface area contributed by atoms with Gasteiger partial charge in [0.1, 0.15) is 0 Å². The molecule has 2 aromatic carbocycles. The van der Waals surface area contributed by atoms with Gasteiger partial charge in [0.2, 0.25) is 0 Å². The van der Waals surface area contributed by atoms with E-state index in [4.69, 9.17) is 27.9 Å². The monoisotopic (exact) mass is 457 g/mol. The van der Waals surface area contributed by atoms with Gasteiger partial charge in [-0.1, -0.05) is 35.3 Å². The van der Waals surface area contributed by atoms with Crippen LogP contribution in [0.5, 0.6) is 0 Å². The Balaban J connectivity index is 1.86. The summed E-state index contributed by atoms with van der Waals surface area (Å²) >= 11 is 11.9. The number of hydrogen-bond acceptors (Lipinski definition) is 4. The van der Waals surface area contributed by atoms with Gasteiger partial charge in [0.15, 0.2) is 0 Å². The van der Waals surface area contributed by atoms with Crippen LogP contribution in [0.15, 0.2) is 53.6 Å². The molecule has 0 aliphatic heterocycles. The first-order valence-corrected chi connectivity index (χ1v) is 10.3. The molecule has 3 rings (SSSR count). The molecule has 1 aromatic heterocycles. The Morgan fingerprint density at radius 1 is 1.10 bits per heavy atom. The summed E-state index contributed by atoms with van der Waals surface area (Å²) < 4.78 is 7.13. The van der Waals surface area contributed by atoms with Crippen molar-refractivity contribution >= 4 is 41.3 Å². The summed E-state index contributed by atoms with van der Waals surface area (Å²) in [5.74, 6) is -0.827. The smallest absolute Gasteiger partial charge is 0.340 e. The molecule has 31 heavy (non-hydrogen) atoms. The largest absolute Gasteiger partial charge is 0.462 e. The number of benzene rings is 2. The van der Waals surface area contributed by atoms with E-state index in [1.54, 1.807) is 31.3 Å². The number of halogens is 2. The van der Waals surface area contributed by atoms with Crippen LogP contribution >= 0.6 is 23.2 Å². The Morgan fingerprint density at radius 3 is 2.55 bits per heavy atom. The van der Waals surface area contributed by atoms with Gasteiger partial charge in [-0.2, -0.15) is 5.10 Å². The van der Waals surface area contributed by atoms with Crippen LogP contribution in [0.2, 0.25) is 10.0 Å². The van der Waals surface area contributed by atoms with Gasteiger partial charge in [-0.15, -0.1) is 0 Å². The molecular formula is C23H21Cl2N3O3. The normalized spacial score (nSPS) is 11.0. The second-order valence-corrected chi connectivity index (χ2v) is 7.57. The van der Waals surface area contributed by atoms with Gasteiger partial charge in [-0.05, 0) is 57.2 Å². The number of nitrogens with one attached hydrogen (secondary N) is 1.